The van der Waals surface area contributed by atoms with Gasteiger partial charge in [-0.1, -0.05) is 76.5 Å². The van der Waals surface area contributed by atoms with E-state index in [0.29, 0.717) is 38.4 Å². The van der Waals surface area contributed by atoms with E-state index in [1.54, 1.807) is 30.3 Å². The molecule has 0 heterocycles. The average molecular weight is 473 g/mol. The Labute approximate surface area is 198 Å². The maximum atomic E-state index is 10.2. The molecule has 0 aliphatic carbocycles. The molecule has 4 N–H and O–H groups in total. The fraction of sp³-hybridized carbons (Fsp3) is 0.680. The van der Waals surface area contributed by atoms with E-state index in [9.17, 15) is 9.59 Å². The highest BCUT2D eigenvalue weighted by Gasteiger charge is 1.97. The number of aliphatic hydroxyl groups excluding tert-OH is 2. The summed E-state index contributed by atoms with van der Waals surface area (Å²) in [5.74, 6) is -1.54. The van der Waals surface area contributed by atoms with Crippen molar-refractivity contribution in [3.8, 4) is 0 Å². The number of carboxylic acids is 2. The third-order valence-corrected chi connectivity index (χ3v) is 4.36. The Balaban J connectivity index is 0. The Morgan fingerprint density at radius 1 is 0.697 bits per heavy atom. The van der Waals surface area contributed by atoms with Crippen LogP contribution in [0.15, 0.2) is 30.3 Å². The second-order valence-corrected chi connectivity index (χ2v) is 7.32. The Morgan fingerprint density at radius 2 is 1.15 bits per heavy atom. The van der Waals surface area contributed by atoms with Crippen molar-refractivity contribution in [1.29, 1.82) is 0 Å². The fourth-order valence-electron chi connectivity index (χ4n) is 2.62. The molecule has 0 saturated heterocycles. The zero-order chi connectivity index (χ0) is 25.0. The number of ether oxygens (including phenoxy) is 2. The topological polar surface area (TPSA) is 134 Å². The molecular weight excluding hydrogens is 428 g/mol. The number of rotatable bonds is 18. The van der Waals surface area contributed by atoms with Gasteiger partial charge in [-0.3, -0.25) is 4.79 Å². The summed E-state index contributed by atoms with van der Waals surface area (Å²) < 4.78 is 9.75. The highest BCUT2D eigenvalue weighted by molar-refractivity contribution is 5.87. The zero-order valence-corrected chi connectivity index (χ0v) is 20.1. The van der Waals surface area contributed by atoms with Gasteiger partial charge < -0.3 is 29.9 Å². The van der Waals surface area contributed by atoms with Crippen LogP contribution in [0.25, 0.3) is 0 Å². The van der Waals surface area contributed by atoms with Gasteiger partial charge in [0.25, 0.3) is 0 Å². The molecule has 0 radical (unpaired) electrons. The summed E-state index contributed by atoms with van der Waals surface area (Å²) in [7, 11) is 0. The molecule has 192 valence electrons. The van der Waals surface area contributed by atoms with Crippen LogP contribution >= 0.6 is 0 Å². The van der Waals surface area contributed by atoms with Crippen LogP contribution in [0.3, 0.4) is 0 Å². The first-order valence-corrected chi connectivity index (χ1v) is 11.9. The van der Waals surface area contributed by atoms with Crippen molar-refractivity contribution in [2.75, 3.05) is 39.6 Å². The molecular formula is C25H44O8. The van der Waals surface area contributed by atoms with E-state index in [4.69, 9.17) is 29.9 Å². The van der Waals surface area contributed by atoms with E-state index >= 15 is 0 Å². The molecule has 0 fully saturated rings. The average Bonchev–Trinajstić information content (AvgIpc) is 2.81. The first-order valence-electron chi connectivity index (χ1n) is 11.9. The predicted octanol–water partition coefficient (Wildman–Crippen LogP) is 4.38. The van der Waals surface area contributed by atoms with Gasteiger partial charge >= 0.3 is 11.9 Å². The molecule has 0 spiro atoms. The normalized spacial score (nSPS) is 9.91. The molecule has 0 amide bonds. The number of unbranched alkanes of at least 4 members (excludes halogenated alkanes) is 8. The van der Waals surface area contributed by atoms with Crippen LogP contribution in [0.2, 0.25) is 0 Å². The standard InChI is InChI=1S/C12H24O2.C7H6O2.C6H14O4/c1-2-3-4-5-6-7-8-9-10-11-12(13)14;8-7(9)6-4-2-1-3-5-6;7-1-3-9-5-6-10-4-2-8/h2-11H2,1H3,(H,13,14);1-5H,(H,8,9);7-8H,1-6H2. The van der Waals surface area contributed by atoms with Gasteiger partial charge in [0.05, 0.1) is 45.2 Å². The number of hydrogen-bond donors (Lipinski definition) is 4. The number of carboxylic acid groups (broad SMARTS) is 2. The van der Waals surface area contributed by atoms with Crippen LogP contribution in [0, 0.1) is 0 Å². The summed E-state index contributed by atoms with van der Waals surface area (Å²) in [4.78, 5) is 20.4. The summed E-state index contributed by atoms with van der Waals surface area (Å²) in [5.41, 5.74) is 0.331. The predicted molar refractivity (Wildman–Crippen MR) is 129 cm³/mol. The lowest BCUT2D eigenvalue weighted by atomic mass is 10.1. The molecule has 1 aromatic carbocycles. The van der Waals surface area contributed by atoms with Crippen LogP contribution in [0.1, 0.15) is 81.5 Å². The van der Waals surface area contributed by atoms with Crippen molar-refractivity contribution in [2.45, 2.75) is 71.1 Å². The van der Waals surface area contributed by atoms with E-state index in [-0.39, 0.29) is 13.2 Å². The zero-order valence-electron chi connectivity index (χ0n) is 20.1. The SMILES string of the molecule is CCCCCCCCCCCC(=O)O.O=C(O)c1ccccc1.OCCOCCOCCO. The number of aromatic carboxylic acids is 1. The third kappa shape index (κ3) is 30.0. The number of hydrogen-bond acceptors (Lipinski definition) is 6. The fourth-order valence-corrected chi connectivity index (χ4v) is 2.62. The second-order valence-electron chi connectivity index (χ2n) is 7.32. The molecule has 8 nitrogen and oxygen atoms in total. The van der Waals surface area contributed by atoms with Crippen molar-refractivity contribution in [3.05, 3.63) is 35.9 Å². The monoisotopic (exact) mass is 472 g/mol. The quantitative estimate of drug-likeness (QED) is 0.231. The van der Waals surface area contributed by atoms with Crippen LogP contribution < -0.4 is 0 Å². The minimum absolute atomic E-state index is 0.0417. The highest BCUT2D eigenvalue weighted by Crippen LogP contribution is 2.10. The molecule has 0 aliphatic rings. The van der Waals surface area contributed by atoms with Crippen LogP contribution in [0.4, 0.5) is 0 Å². The first-order chi connectivity index (χ1) is 16.0. The first kappa shape index (κ1) is 33.2. The maximum Gasteiger partial charge on any atom is 0.335 e. The molecule has 1 aromatic rings. The highest BCUT2D eigenvalue weighted by atomic mass is 16.5. The Kier molecular flexibility index (Phi) is 28.2. The Bertz CT molecular complexity index is 528. The second kappa shape index (κ2) is 28.0. The summed E-state index contributed by atoms with van der Waals surface area (Å²) in [6, 6.07) is 8.30. The van der Waals surface area contributed by atoms with E-state index in [2.05, 4.69) is 6.92 Å². The molecule has 1 rings (SSSR count). The molecule has 0 bridgehead atoms. The molecule has 0 saturated carbocycles. The Hall–Kier alpha value is -2.00. The largest absolute Gasteiger partial charge is 0.481 e. The van der Waals surface area contributed by atoms with E-state index < -0.39 is 11.9 Å². The van der Waals surface area contributed by atoms with Crippen molar-refractivity contribution in [1.82, 2.24) is 0 Å². The van der Waals surface area contributed by atoms with Gasteiger partial charge in [-0.25, -0.2) is 4.79 Å². The maximum absolute atomic E-state index is 10.2. The lowest BCUT2D eigenvalue weighted by Gasteiger charge is -2.01. The van der Waals surface area contributed by atoms with Gasteiger partial charge in [0.2, 0.25) is 0 Å². The number of carbonyl (C=O) groups is 2. The summed E-state index contributed by atoms with van der Waals surface area (Å²) in [5, 5.41) is 33.3. The van der Waals surface area contributed by atoms with Gasteiger partial charge in [0.1, 0.15) is 0 Å². The van der Waals surface area contributed by atoms with Gasteiger partial charge in [0, 0.05) is 6.42 Å². The summed E-state index contributed by atoms with van der Waals surface area (Å²) in [6.45, 7) is 3.96. The van der Waals surface area contributed by atoms with Gasteiger partial charge in [-0.05, 0) is 18.6 Å². The Morgan fingerprint density at radius 3 is 1.52 bits per heavy atom. The van der Waals surface area contributed by atoms with Crippen molar-refractivity contribution in [3.63, 3.8) is 0 Å². The van der Waals surface area contributed by atoms with E-state index in [0.717, 1.165) is 12.8 Å². The number of benzene rings is 1. The van der Waals surface area contributed by atoms with Crippen molar-refractivity contribution in [2.24, 2.45) is 0 Å². The van der Waals surface area contributed by atoms with Crippen LogP contribution in [-0.2, 0) is 14.3 Å². The van der Waals surface area contributed by atoms with E-state index in [1.807, 2.05) is 0 Å². The van der Waals surface area contributed by atoms with Gasteiger partial charge in [0.15, 0.2) is 0 Å². The summed E-state index contributed by atoms with van der Waals surface area (Å²) >= 11 is 0. The molecule has 33 heavy (non-hydrogen) atoms. The minimum Gasteiger partial charge on any atom is -0.481 e. The number of aliphatic carboxylic acids is 1. The van der Waals surface area contributed by atoms with Gasteiger partial charge in [-0.15, -0.1) is 0 Å². The van der Waals surface area contributed by atoms with Crippen molar-refractivity contribution >= 4 is 11.9 Å². The summed E-state index contributed by atoms with van der Waals surface area (Å²) in [6.07, 6.45) is 11.5. The van der Waals surface area contributed by atoms with Crippen molar-refractivity contribution < 1.29 is 39.5 Å². The van der Waals surface area contributed by atoms with Crippen LogP contribution in [-0.4, -0.2) is 72.0 Å². The number of aliphatic hydroxyl groups is 2. The third-order valence-electron chi connectivity index (χ3n) is 4.36. The molecule has 0 aliphatic heterocycles. The van der Waals surface area contributed by atoms with Crippen LogP contribution in [0.5, 0.6) is 0 Å². The van der Waals surface area contributed by atoms with Gasteiger partial charge in [-0.2, -0.15) is 0 Å². The minimum atomic E-state index is -0.879. The molecule has 0 unspecified atom stereocenters. The lowest BCUT2D eigenvalue weighted by Crippen LogP contribution is -2.09. The molecule has 0 aromatic heterocycles. The smallest absolute Gasteiger partial charge is 0.335 e. The molecule has 8 heteroatoms. The lowest BCUT2D eigenvalue weighted by molar-refractivity contribution is -0.137. The molecule has 0 atom stereocenters. The van der Waals surface area contributed by atoms with E-state index in [1.165, 1.54) is 44.9 Å².